The molecule has 0 amide bonds. The van der Waals surface area contributed by atoms with Crippen LogP contribution >= 0.6 is 11.6 Å². The number of aldehydes is 1. The molecule has 3 nitrogen and oxygen atoms in total. The molecular weight excluding hydrogens is 204 g/mol. The maximum atomic E-state index is 11.1. The van der Waals surface area contributed by atoms with E-state index in [1.54, 1.807) is 0 Å². The number of methoxy groups -OCH3 is 1. The molecule has 0 unspecified atom stereocenters. The SMILES string of the molecule is COc1cc(C(C)=O)c(Cl)cc1C=O. The summed E-state index contributed by atoms with van der Waals surface area (Å²) in [7, 11) is 1.43. The molecule has 0 saturated heterocycles. The average molecular weight is 213 g/mol. The first-order valence-corrected chi connectivity index (χ1v) is 4.31. The quantitative estimate of drug-likeness (QED) is 0.571. The van der Waals surface area contributed by atoms with Gasteiger partial charge < -0.3 is 4.74 Å². The molecule has 0 fully saturated rings. The molecular formula is C10H9ClO3. The lowest BCUT2D eigenvalue weighted by atomic mass is 10.1. The third-order valence-electron chi connectivity index (χ3n) is 1.83. The summed E-state index contributed by atoms with van der Waals surface area (Å²) in [6.07, 6.45) is 0.634. The van der Waals surface area contributed by atoms with Crippen molar-refractivity contribution in [1.82, 2.24) is 0 Å². The summed E-state index contributed by atoms with van der Waals surface area (Å²) in [5.41, 5.74) is 0.691. The van der Waals surface area contributed by atoms with Gasteiger partial charge in [0.2, 0.25) is 0 Å². The molecule has 1 aromatic carbocycles. The van der Waals surface area contributed by atoms with E-state index in [0.717, 1.165) is 0 Å². The van der Waals surface area contributed by atoms with Gasteiger partial charge in [-0.1, -0.05) is 11.6 Å². The second-order valence-corrected chi connectivity index (χ2v) is 3.16. The third kappa shape index (κ3) is 1.93. The van der Waals surface area contributed by atoms with Crippen molar-refractivity contribution in [2.24, 2.45) is 0 Å². The standard InChI is InChI=1S/C10H9ClO3/c1-6(13)8-4-10(14-2)7(5-12)3-9(8)11/h3-5H,1-2H3. The molecule has 0 N–H and O–H groups in total. The molecule has 0 aliphatic rings. The van der Waals surface area contributed by atoms with Crippen LogP contribution in [0.1, 0.15) is 27.6 Å². The van der Waals surface area contributed by atoms with E-state index < -0.39 is 0 Å². The molecule has 0 spiro atoms. The Bertz CT molecular complexity index is 385. The van der Waals surface area contributed by atoms with Crippen LogP contribution in [-0.2, 0) is 0 Å². The average Bonchev–Trinajstić information content (AvgIpc) is 2.16. The van der Waals surface area contributed by atoms with Crippen LogP contribution in [0, 0.1) is 0 Å². The molecule has 0 saturated carbocycles. The Morgan fingerprint density at radius 2 is 2.14 bits per heavy atom. The molecule has 0 aliphatic carbocycles. The van der Waals surface area contributed by atoms with Crippen LogP contribution in [0.2, 0.25) is 5.02 Å². The zero-order chi connectivity index (χ0) is 10.7. The highest BCUT2D eigenvalue weighted by atomic mass is 35.5. The minimum Gasteiger partial charge on any atom is -0.496 e. The largest absolute Gasteiger partial charge is 0.496 e. The molecule has 0 radical (unpaired) electrons. The zero-order valence-electron chi connectivity index (χ0n) is 7.83. The molecule has 1 rings (SSSR count). The second-order valence-electron chi connectivity index (χ2n) is 2.75. The van der Waals surface area contributed by atoms with Crippen molar-refractivity contribution in [2.45, 2.75) is 6.92 Å². The predicted octanol–water partition coefficient (Wildman–Crippen LogP) is 2.36. The molecule has 0 aliphatic heterocycles. The summed E-state index contributed by atoms with van der Waals surface area (Å²) < 4.78 is 4.94. The van der Waals surface area contributed by atoms with Gasteiger partial charge in [-0.3, -0.25) is 9.59 Å². The first-order chi connectivity index (χ1) is 6.60. The molecule has 0 atom stereocenters. The zero-order valence-corrected chi connectivity index (χ0v) is 8.59. The Kier molecular flexibility index (Phi) is 3.25. The number of hydrogen-bond donors (Lipinski definition) is 0. The number of ether oxygens (including phenoxy) is 1. The summed E-state index contributed by atoms with van der Waals surface area (Å²) in [6, 6.07) is 2.89. The number of hydrogen-bond acceptors (Lipinski definition) is 3. The van der Waals surface area contributed by atoms with E-state index in [0.29, 0.717) is 23.2 Å². The lowest BCUT2D eigenvalue weighted by Crippen LogP contribution is -1.98. The van der Waals surface area contributed by atoms with E-state index in [1.165, 1.54) is 26.2 Å². The van der Waals surface area contributed by atoms with Gasteiger partial charge in [0.25, 0.3) is 0 Å². The predicted molar refractivity (Wildman–Crippen MR) is 53.4 cm³/mol. The van der Waals surface area contributed by atoms with Crippen molar-refractivity contribution in [2.75, 3.05) is 7.11 Å². The van der Waals surface area contributed by atoms with Crippen molar-refractivity contribution in [1.29, 1.82) is 0 Å². The monoisotopic (exact) mass is 212 g/mol. The lowest BCUT2D eigenvalue weighted by Gasteiger charge is -2.06. The fourth-order valence-corrected chi connectivity index (χ4v) is 1.41. The van der Waals surface area contributed by atoms with Crippen LogP contribution in [0.4, 0.5) is 0 Å². The number of carbonyl (C=O) groups is 2. The van der Waals surface area contributed by atoms with Crippen LogP contribution in [0.25, 0.3) is 0 Å². The number of ketones is 1. The van der Waals surface area contributed by atoms with Crippen molar-refractivity contribution >= 4 is 23.7 Å². The van der Waals surface area contributed by atoms with Crippen LogP contribution in [0.3, 0.4) is 0 Å². The lowest BCUT2D eigenvalue weighted by molar-refractivity contribution is 0.101. The number of Topliss-reactive ketones (excluding diaryl/α,β-unsaturated/α-hetero) is 1. The van der Waals surface area contributed by atoms with E-state index >= 15 is 0 Å². The topological polar surface area (TPSA) is 43.4 Å². The molecule has 4 heteroatoms. The van der Waals surface area contributed by atoms with Gasteiger partial charge in [0.05, 0.1) is 17.7 Å². The molecule has 74 valence electrons. The molecule has 0 bridgehead atoms. The van der Waals surface area contributed by atoms with Crippen LogP contribution in [-0.4, -0.2) is 19.2 Å². The maximum absolute atomic E-state index is 11.1. The Morgan fingerprint density at radius 3 is 2.57 bits per heavy atom. The Labute approximate surface area is 86.6 Å². The number of benzene rings is 1. The summed E-state index contributed by atoms with van der Waals surface area (Å²) in [6.45, 7) is 1.40. The van der Waals surface area contributed by atoms with Crippen LogP contribution < -0.4 is 4.74 Å². The maximum Gasteiger partial charge on any atom is 0.161 e. The van der Waals surface area contributed by atoms with Gasteiger partial charge in [0.1, 0.15) is 5.75 Å². The van der Waals surface area contributed by atoms with Gasteiger partial charge in [-0.05, 0) is 19.1 Å². The van der Waals surface area contributed by atoms with Crippen LogP contribution in [0.5, 0.6) is 5.75 Å². The number of halogens is 1. The Hall–Kier alpha value is -1.35. The summed E-state index contributed by atoms with van der Waals surface area (Å²) in [4.78, 5) is 21.7. The van der Waals surface area contributed by atoms with Gasteiger partial charge in [0.15, 0.2) is 12.1 Å². The Balaban J connectivity index is 3.37. The smallest absolute Gasteiger partial charge is 0.161 e. The summed E-state index contributed by atoms with van der Waals surface area (Å²) >= 11 is 5.80. The van der Waals surface area contributed by atoms with E-state index in [2.05, 4.69) is 0 Å². The highest BCUT2D eigenvalue weighted by Gasteiger charge is 2.11. The second kappa shape index (κ2) is 4.24. The van der Waals surface area contributed by atoms with Crippen molar-refractivity contribution in [3.05, 3.63) is 28.3 Å². The molecule has 1 aromatic rings. The highest BCUT2D eigenvalue weighted by Crippen LogP contribution is 2.26. The van der Waals surface area contributed by atoms with Gasteiger partial charge in [-0.2, -0.15) is 0 Å². The van der Waals surface area contributed by atoms with Gasteiger partial charge in [-0.15, -0.1) is 0 Å². The van der Waals surface area contributed by atoms with Gasteiger partial charge in [0, 0.05) is 5.56 Å². The normalized spacial score (nSPS) is 9.64. The number of carbonyl (C=O) groups excluding carboxylic acids is 2. The first kappa shape index (κ1) is 10.7. The van der Waals surface area contributed by atoms with Crippen LogP contribution in [0.15, 0.2) is 12.1 Å². The highest BCUT2D eigenvalue weighted by molar-refractivity contribution is 6.34. The summed E-state index contributed by atoms with van der Waals surface area (Å²) in [5.74, 6) is 0.195. The van der Waals surface area contributed by atoms with E-state index in [9.17, 15) is 9.59 Å². The van der Waals surface area contributed by atoms with E-state index in [4.69, 9.17) is 16.3 Å². The first-order valence-electron chi connectivity index (χ1n) is 3.93. The molecule has 14 heavy (non-hydrogen) atoms. The molecule has 0 heterocycles. The van der Waals surface area contributed by atoms with Gasteiger partial charge >= 0.3 is 0 Å². The summed E-state index contributed by atoms with van der Waals surface area (Å²) in [5, 5.41) is 0.264. The third-order valence-corrected chi connectivity index (χ3v) is 2.14. The van der Waals surface area contributed by atoms with Gasteiger partial charge in [-0.25, -0.2) is 0 Å². The minimum absolute atomic E-state index is 0.161. The van der Waals surface area contributed by atoms with Crippen molar-refractivity contribution in [3.63, 3.8) is 0 Å². The number of rotatable bonds is 3. The fourth-order valence-electron chi connectivity index (χ4n) is 1.11. The van der Waals surface area contributed by atoms with Crippen molar-refractivity contribution in [3.8, 4) is 5.75 Å². The Morgan fingerprint density at radius 1 is 1.50 bits per heavy atom. The molecule has 0 aromatic heterocycles. The minimum atomic E-state index is -0.161. The fraction of sp³-hybridized carbons (Fsp3) is 0.200. The van der Waals surface area contributed by atoms with E-state index in [-0.39, 0.29) is 10.8 Å². The van der Waals surface area contributed by atoms with Crippen molar-refractivity contribution < 1.29 is 14.3 Å². The van der Waals surface area contributed by atoms with E-state index in [1.807, 2.05) is 0 Å².